The van der Waals surface area contributed by atoms with Gasteiger partial charge in [-0.15, -0.1) is 0 Å². The van der Waals surface area contributed by atoms with Crippen molar-refractivity contribution in [3.8, 4) is 0 Å². The summed E-state index contributed by atoms with van der Waals surface area (Å²) in [6, 6.07) is 3.83. The maximum atomic E-state index is 5.31. The Morgan fingerprint density at radius 3 is 2.45 bits per heavy atom. The van der Waals surface area contributed by atoms with Crippen molar-refractivity contribution in [1.29, 1.82) is 0 Å². The second-order valence-corrected chi connectivity index (χ2v) is 2.32. The quantitative estimate of drug-likeness (QED) is 0.672. The molecular weight excluding hydrogens is 176 g/mol. The highest BCUT2D eigenvalue weighted by Crippen LogP contribution is 1.90. The summed E-state index contributed by atoms with van der Waals surface area (Å²) >= 11 is 7.92. The van der Waals surface area contributed by atoms with Gasteiger partial charge in [0.25, 0.3) is 0 Å². The van der Waals surface area contributed by atoms with E-state index in [1.165, 1.54) is 0 Å². The number of nitrogens with two attached hydrogens (primary N) is 1. The summed E-state index contributed by atoms with van der Waals surface area (Å²) in [5.41, 5.74) is 6.39. The van der Waals surface area contributed by atoms with Crippen LogP contribution in [0.25, 0.3) is 0 Å². The average Bonchev–Trinajstić information content (AvgIpc) is 2.08. The largest absolute Gasteiger partial charge is 0.326 e. The van der Waals surface area contributed by atoms with E-state index in [1.54, 1.807) is 12.4 Å². The smallest absolute Gasteiger partial charge is 0.0312 e. The fourth-order valence-corrected chi connectivity index (χ4v) is 0.519. The molecule has 4 heteroatoms. The Kier molecular flexibility index (Phi) is 6.98. The molecule has 0 spiro atoms. The first kappa shape index (κ1) is 10.3. The minimum atomic E-state index is 0.577. The van der Waals surface area contributed by atoms with Gasteiger partial charge in [-0.05, 0) is 36.1 Å². The monoisotopic (exact) mass is 184 g/mol. The lowest BCUT2D eigenvalue weighted by atomic mass is 10.3. The molecule has 0 atom stereocenters. The summed E-state index contributed by atoms with van der Waals surface area (Å²) in [6.45, 7) is 0.577. The predicted molar refractivity (Wildman–Crippen MR) is 52.3 cm³/mol. The molecule has 1 aromatic rings. The van der Waals surface area contributed by atoms with Crippen LogP contribution in [-0.2, 0) is 6.54 Å². The fourth-order valence-electron chi connectivity index (χ4n) is 0.519. The lowest BCUT2D eigenvalue weighted by Crippen LogP contribution is -1.95. The molecule has 0 aliphatic carbocycles. The van der Waals surface area contributed by atoms with E-state index in [0.717, 1.165) is 5.56 Å². The molecule has 0 bridgehead atoms. The molecule has 0 aliphatic rings. The van der Waals surface area contributed by atoms with Gasteiger partial charge in [0.05, 0.1) is 0 Å². The topological polar surface area (TPSA) is 38.9 Å². The van der Waals surface area contributed by atoms with Crippen LogP contribution in [0.2, 0.25) is 0 Å². The molecular formula is C7H8N2S2. The number of hydrogen-bond acceptors (Lipinski definition) is 4. The number of thiocarbonyl (C=S) groups is 2. The molecule has 11 heavy (non-hydrogen) atoms. The van der Waals surface area contributed by atoms with Crippen LogP contribution in [-0.4, -0.2) is 9.30 Å². The van der Waals surface area contributed by atoms with Gasteiger partial charge < -0.3 is 5.73 Å². The van der Waals surface area contributed by atoms with Crippen LogP contribution in [0, 0.1) is 0 Å². The third kappa shape index (κ3) is 5.76. The minimum Gasteiger partial charge on any atom is -0.326 e. The molecule has 0 fully saturated rings. The zero-order valence-electron chi connectivity index (χ0n) is 5.86. The predicted octanol–water partition coefficient (Wildman–Crippen LogP) is 1.56. The van der Waals surface area contributed by atoms with Gasteiger partial charge in [-0.25, -0.2) is 0 Å². The zero-order chi connectivity index (χ0) is 8.53. The van der Waals surface area contributed by atoms with Gasteiger partial charge in [0.15, 0.2) is 0 Å². The van der Waals surface area contributed by atoms with Gasteiger partial charge >= 0.3 is 0 Å². The van der Waals surface area contributed by atoms with E-state index in [-0.39, 0.29) is 0 Å². The molecule has 1 rings (SSSR count). The molecule has 0 aliphatic heterocycles. The van der Waals surface area contributed by atoms with E-state index < -0.39 is 0 Å². The Morgan fingerprint density at radius 2 is 2.18 bits per heavy atom. The number of aromatic nitrogens is 1. The highest BCUT2D eigenvalue weighted by Gasteiger charge is 1.81. The number of pyridine rings is 1. The second kappa shape index (κ2) is 7.44. The van der Waals surface area contributed by atoms with Gasteiger partial charge in [0.2, 0.25) is 0 Å². The molecule has 2 nitrogen and oxygen atoms in total. The van der Waals surface area contributed by atoms with Crippen molar-refractivity contribution in [2.45, 2.75) is 6.54 Å². The van der Waals surface area contributed by atoms with E-state index in [9.17, 15) is 0 Å². The molecule has 2 N–H and O–H groups in total. The summed E-state index contributed by atoms with van der Waals surface area (Å²) in [5.74, 6) is 0. The lowest BCUT2D eigenvalue weighted by Gasteiger charge is -1.89. The van der Waals surface area contributed by atoms with Crippen molar-refractivity contribution < 1.29 is 0 Å². The van der Waals surface area contributed by atoms with E-state index in [4.69, 9.17) is 5.73 Å². The van der Waals surface area contributed by atoms with Crippen LogP contribution in [0.3, 0.4) is 0 Å². The SMILES string of the molecule is NCc1cccnc1.S=C=S. The maximum absolute atomic E-state index is 5.31. The third-order valence-electron chi connectivity index (χ3n) is 0.958. The summed E-state index contributed by atoms with van der Waals surface area (Å²) in [7, 11) is 0. The Hall–Kier alpha value is -0.670. The summed E-state index contributed by atoms with van der Waals surface area (Å²) < 4.78 is 1.92. The van der Waals surface area contributed by atoms with Gasteiger partial charge in [0, 0.05) is 23.3 Å². The Labute approximate surface area is 76.4 Å². The summed E-state index contributed by atoms with van der Waals surface area (Å²) in [6.07, 6.45) is 3.50. The van der Waals surface area contributed by atoms with Crippen molar-refractivity contribution >= 4 is 28.7 Å². The highest BCUT2D eigenvalue weighted by molar-refractivity contribution is 7.93. The average molecular weight is 184 g/mol. The van der Waals surface area contributed by atoms with Gasteiger partial charge in [0.1, 0.15) is 0 Å². The van der Waals surface area contributed by atoms with Crippen molar-refractivity contribution in [3.63, 3.8) is 0 Å². The van der Waals surface area contributed by atoms with E-state index in [1.807, 2.05) is 16.4 Å². The first-order chi connectivity index (χ1) is 5.35. The normalized spacial score (nSPS) is 7.36. The minimum absolute atomic E-state index is 0.577. The maximum Gasteiger partial charge on any atom is 0.0312 e. The van der Waals surface area contributed by atoms with Crippen LogP contribution in [0.1, 0.15) is 5.56 Å². The molecule has 1 heterocycles. The standard InChI is InChI=1S/C6H8N2.CS2/c7-4-6-2-1-3-8-5-6;2-1-3/h1-3,5H,4,7H2;. The van der Waals surface area contributed by atoms with Crippen LogP contribution in [0.4, 0.5) is 0 Å². The summed E-state index contributed by atoms with van der Waals surface area (Å²) in [4.78, 5) is 3.88. The molecule has 0 amide bonds. The molecule has 58 valence electrons. The Balaban J connectivity index is 0.000000292. The lowest BCUT2D eigenvalue weighted by molar-refractivity contribution is 1.05. The van der Waals surface area contributed by atoms with Crippen molar-refractivity contribution in [2.75, 3.05) is 0 Å². The molecule has 1 aromatic heterocycles. The van der Waals surface area contributed by atoms with Crippen LogP contribution >= 0.6 is 24.4 Å². The first-order valence-electron chi connectivity index (χ1n) is 2.93. The van der Waals surface area contributed by atoms with Gasteiger partial charge in [-0.1, -0.05) is 6.07 Å². The fraction of sp³-hybridized carbons (Fsp3) is 0.143. The first-order valence-corrected chi connectivity index (χ1v) is 3.75. The zero-order valence-corrected chi connectivity index (χ0v) is 7.49. The van der Waals surface area contributed by atoms with E-state index in [2.05, 4.69) is 29.4 Å². The second-order valence-electron chi connectivity index (χ2n) is 1.65. The molecule has 0 radical (unpaired) electrons. The molecule has 0 saturated carbocycles. The number of hydrogen-bond donors (Lipinski definition) is 1. The molecule has 0 aromatic carbocycles. The number of nitrogens with zero attached hydrogens (tertiary/aromatic N) is 1. The van der Waals surface area contributed by atoms with Crippen LogP contribution < -0.4 is 5.73 Å². The highest BCUT2D eigenvalue weighted by atomic mass is 32.1. The van der Waals surface area contributed by atoms with Gasteiger partial charge in [-0.2, -0.15) is 0 Å². The Morgan fingerprint density at radius 1 is 1.55 bits per heavy atom. The number of rotatable bonds is 1. The van der Waals surface area contributed by atoms with Crippen molar-refractivity contribution in [1.82, 2.24) is 4.98 Å². The third-order valence-corrected chi connectivity index (χ3v) is 0.958. The molecule has 0 unspecified atom stereocenters. The Bertz CT molecular complexity index is 217. The van der Waals surface area contributed by atoms with E-state index >= 15 is 0 Å². The van der Waals surface area contributed by atoms with Gasteiger partial charge in [-0.3, -0.25) is 4.98 Å². The van der Waals surface area contributed by atoms with Crippen LogP contribution in [0.15, 0.2) is 24.5 Å². The van der Waals surface area contributed by atoms with Crippen LogP contribution in [0.5, 0.6) is 0 Å². The van der Waals surface area contributed by atoms with Crippen molar-refractivity contribution in [2.24, 2.45) is 5.73 Å². The van der Waals surface area contributed by atoms with Crippen molar-refractivity contribution in [3.05, 3.63) is 30.1 Å². The summed E-state index contributed by atoms with van der Waals surface area (Å²) in [5, 5.41) is 0. The van der Waals surface area contributed by atoms with E-state index in [0.29, 0.717) is 6.54 Å². The molecule has 0 saturated heterocycles.